The smallest absolute Gasteiger partial charge is 0.328 e. The van der Waals surface area contributed by atoms with Gasteiger partial charge in [0, 0.05) is 24.3 Å². The van der Waals surface area contributed by atoms with E-state index in [1.54, 1.807) is 6.92 Å². The molecule has 2 aromatic heterocycles. The van der Waals surface area contributed by atoms with E-state index in [1.165, 1.54) is 6.08 Å². The average Bonchev–Trinajstić information content (AvgIpc) is 3.06. The van der Waals surface area contributed by atoms with Gasteiger partial charge in [-0.3, -0.25) is 14.2 Å². The molecule has 0 aliphatic carbocycles. The van der Waals surface area contributed by atoms with E-state index < -0.39 is 11.2 Å². The summed E-state index contributed by atoms with van der Waals surface area (Å²) in [7, 11) is 0. The molecule has 0 aliphatic heterocycles. The molecule has 2 N–H and O–H groups in total. The summed E-state index contributed by atoms with van der Waals surface area (Å²) in [5.74, 6) is 0.296. The molecule has 0 atom stereocenters. The van der Waals surface area contributed by atoms with Gasteiger partial charge in [0.2, 0.25) is 11.8 Å². The molecular weight excluding hydrogens is 358 g/mol. The molecule has 10 heteroatoms. The molecule has 0 fully saturated rings. The molecular formula is C16H21N5O4S. The maximum absolute atomic E-state index is 12.5. The fraction of sp³-hybridized carbons (Fsp3) is 0.438. The number of H-pyrrole nitrogens is 1. The zero-order valence-electron chi connectivity index (χ0n) is 14.7. The number of allylic oxidation sites excluding steroid dienone is 1. The predicted octanol–water partition coefficient (Wildman–Crippen LogP) is 0.623. The molecule has 1 amide bonds. The number of carbonyl (C=O) groups excluding carboxylic acids is 1. The molecule has 9 nitrogen and oxygen atoms in total. The molecule has 0 saturated heterocycles. The third-order valence-electron chi connectivity index (χ3n) is 3.48. The van der Waals surface area contributed by atoms with E-state index in [1.807, 2.05) is 6.92 Å². The van der Waals surface area contributed by atoms with E-state index in [2.05, 4.69) is 27.1 Å². The lowest BCUT2D eigenvalue weighted by Gasteiger charge is -2.06. The van der Waals surface area contributed by atoms with E-state index in [0.717, 1.165) is 22.7 Å². The van der Waals surface area contributed by atoms with Gasteiger partial charge >= 0.3 is 5.69 Å². The van der Waals surface area contributed by atoms with Gasteiger partial charge in [-0.05, 0) is 13.3 Å². The zero-order chi connectivity index (χ0) is 19.1. The summed E-state index contributed by atoms with van der Waals surface area (Å²) in [4.78, 5) is 38.5. The van der Waals surface area contributed by atoms with Crippen molar-refractivity contribution in [2.45, 2.75) is 38.5 Å². The Hall–Kier alpha value is -2.62. The largest absolute Gasteiger partial charge is 0.416 e. The van der Waals surface area contributed by atoms with E-state index in [0.29, 0.717) is 17.8 Å². The van der Waals surface area contributed by atoms with Crippen LogP contribution in [0, 0.1) is 6.92 Å². The quantitative estimate of drug-likeness (QED) is 0.484. The first kappa shape index (κ1) is 19.7. The van der Waals surface area contributed by atoms with E-state index >= 15 is 0 Å². The van der Waals surface area contributed by atoms with E-state index in [4.69, 9.17) is 4.42 Å². The Balaban J connectivity index is 2.11. The summed E-state index contributed by atoms with van der Waals surface area (Å²) in [6, 6.07) is 0. The molecule has 0 aliphatic rings. The van der Waals surface area contributed by atoms with Crippen molar-refractivity contribution in [3.63, 3.8) is 0 Å². The van der Waals surface area contributed by atoms with Gasteiger partial charge in [-0.2, -0.15) is 0 Å². The van der Waals surface area contributed by atoms with Crippen molar-refractivity contribution in [3.05, 3.63) is 50.6 Å². The number of nitrogens with zero attached hydrogens (tertiary/aromatic N) is 3. The number of aromatic nitrogens is 4. The van der Waals surface area contributed by atoms with E-state index in [-0.39, 0.29) is 35.7 Å². The first-order valence-electron chi connectivity index (χ1n) is 8.11. The van der Waals surface area contributed by atoms with Crippen LogP contribution in [0.5, 0.6) is 0 Å². The van der Waals surface area contributed by atoms with Crippen LogP contribution in [0.2, 0.25) is 0 Å². The van der Waals surface area contributed by atoms with Crippen molar-refractivity contribution in [2.24, 2.45) is 0 Å². The number of nitrogens with one attached hydrogen (secondary N) is 2. The van der Waals surface area contributed by atoms with Crippen molar-refractivity contribution in [2.75, 3.05) is 12.3 Å². The SMILES string of the molecule is C=CCn1c(=O)[nH]c(C)c(Cc2nnc(SCC(=O)NCCC)o2)c1=O. The number of aromatic amines is 1. The second-order valence-corrected chi connectivity index (χ2v) is 6.44. The summed E-state index contributed by atoms with van der Waals surface area (Å²) < 4.78 is 6.54. The first-order valence-corrected chi connectivity index (χ1v) is 9.10. The average molecular weight is 379 g/mol. The molecule has 0 aromatic carbocycles. The maximum Gasteiger partial charge on any atom is 0.328 e. The monoisotopic (exact) mass is 379 g/mol. The van der Waals surface area contributed by atoms with Gasteiger partial charge in [-0.15, -0.1) is 16.8 Å². The van der Waals surface area contributed by atoms with Crippen LogP contribution in [0.15, 0.2) is 31.9 Å². The van der Waals surface area contributed by atoms with Crippen molar-refractivity contribution in [3.8, 4) is 0 Å². The van der Waals surface area contributed by atoms with Crippen LogP contribution in [0.1, 0.15) is 30.5 Å². The Bertz CT molecular complexity index is 899. The highest BCUT2D eigenvalue weighted by atomic mass is 32.2. The molecule has 140 valence electrons. The van der Waals surface area contributed by atoms with Gasteiger partial charge in [0.25, 0.3) is 10.8 Å². The Kier molecular flexibility index (Phi) is 6.96. The fourth-order valence-electron chi connectivity index (χ4n) is 2.18. The van der Waals surface area contributed by atoms with Gasteiger partial charge < -0.3 is 14.7 Å². The maximum atomic E-state index is 12.5. The van der Waals surface area contributed by atoms with Gasteiger partial charge in [-0.25, -0.2) is 4.79 Å². The van der Waals surface area contributed by atoms with Gasteiger partial charge in [-0.1, -0.05) is 24.8 Å². The highest BCUT2D eigenvalue weighted by molar-refractivity contribution is 7.99. The minimum Gasteiger partial charge on any atom is -0.416 e. The number of rotatable bonds is 9. The minimum atomic E-state index is -0.490. The summed E-state index contributed by atoms with van der Waals surface area (Å²) in [5, 5.41) is 10.8. The summed E-state index contributed by atoms with van der Waals surface area (Å²) in [6.45, 7) is 7.89. The number of thioether (sulfide) groups is 1. The Morgan fingerprint density at radius 2 is 2.19 bits per heavy atom. The molecule has 0 bridgehead atoms. The lowest BCUT2D eigenvalue weighted by atomic mass is 10.1. The van der Waals surface area contributed by atoms with Crippen LogP contribution in [0.25, 0.3) is 0 Å². The second-order valence-electron chi connectivity index (χ2n) is 5.52. The topological polar surface area (TPSA) is 123 Å². The summed E-state index contributed by atoms with van der Waals surface area (Å²) in [6.07, 6.45) is 2.43. The van der Waals surface area contributed by atoms with Crippen LogP contribution in [0.3, 0.4) is 0 Å². The molecule has 2 rings (SSSR count). The number of amides is 1. The molecule has 2 aromatic rings. The molecule has 26 heavy (non-hydrogen) atoms. The number of hydrogen-bond acceptors (Lipinski definition) is 7. The van der Waals surface area contributed by atoms with Crippen LogP contribution < -0.4 is 16.6 Å². The lowest BCUT2D eigenvalue weighted by Crippen LogP contribution is -2.37. The predicted molar refractivity (Wildman–Crippen MR) is 97.4 cm³/mol. The minimum absolute atomic E-state index is 0.0914. The van der Waals surface area contributed by atoms with Crippen molar-refractivity contribution in [1.29, 1.82) is 0 Å². The standard InChI is InChI=1S/C16H21N5O4S/c1-4-6-17-12(22)9-26-16-20-19-13(25-16)8-11-10(3)18-15(24)21(7-5-2)14(11)23/h5H,2,4,6-9H2,1,3H3,(H,17,22)(H,18,24). The first-order chi connectivity index (χ1) is 12.5. The van der Waals surface area contributed by atoms with Crippen LogP contribution in [-0.2, 0) is 17.8 Å². The Morgan fingerprint density at radius 1 is 1.42 bits per heavy atom. The molecule has 0 unspecified atom stereocenters. The zero-order valence-corrected chi connectivity index (χ0v) is 15.5. The van der Waals surface area contributed by atoms with Gasteiger partial charge in [0.15, 0.2) is 0 Å². The molecule has 0 saturated carbocycles. The third kappa shape index (κ3) is 4.94. The van der Waals surface area contributed by atoms with Crippen molar-refractivity contribution >= 4 is 17.7 Å². The summed E-state index contributed by atoms with van der Waals surface area (Å²) in [5.41, 5.74) is -0.0903. The Labute approximate surface area is 153 Å². The highest BCUT2D eigenvalue weighted by Gasteiger charge is 2.16. The van der Waals surface area contributed by atoms with Gasteiger partial charge in [0.1, 0.15) is 0 Å². The lowest BCUT2D eigenvalue weighted by molar-refractivity contribution is -0.118. The van der Waals surface area contributed by atoms with Gasteiger partial charge in [0.05, 0.1) is 12.2 Å². The number of carbonyl (C=O) groups is 1. The fourth-order valence-corrected chi connectivity index (χ4v) is 2.79. The molecule has 2 heterocycles. The number of aryl methyl sites for hydroxylation is 1. The van der Waals surface area contributed by atoms with Crippen LogP contribution in [0.4, 0.5) is 0 Å². The van der Waals surface area contributed by atoms with E-state index in [9.17, 15) is 14.4 Å². The Morgan fingerprint density at radius 3 is 2.88 bits per heavy atom. The third-order valence-corrected chi connectivity index (χ3v) is 4.30. The van der Waals surface area contributed by atoms with Crippen LogP contribution >= 0.6 is 11.8 Å². The highest BCUT2D eigenvalue weighted by Crippen LogP contribution is 2.17. The van der Waals surface area contributed by atoms with Crippen molar-refractivity contribution < 1.29 is 9.21 Å². The van der Waals surface area contributed by atoms with Crippen LogP contribution in [-0.4, -0.2) is 38.0 Å². The summed E-state index contributed by atoms with van der Waals surface area (Å²) >= 11 is 1.13. The second kappa shape index (κ2) is 9.18. The number of hydrogen-bond donors (Lipinski definition) is 2. The van der Waals surface area contributed by atoms with Crippen molar-refractivity contribution in [1.82, 2.24) is 25.1 Å². The normalized spacial score (nSPS) is 10.7. The molecule has 0 radical (unpaired) electrons. The molecule has 0 spiro atoms.